The maximum Gasteiger partial charge on any atom is 0.405 e. The quantitative estimate of drug-likeness (QED) is 0.298. The van der Waals surface area contributed by atoms with Gasteiger partial charge in [-0.2, -0.15) is 0 Å². The van der Waals surface area contributed by atoms with Gasteiger partial charge in [0.15, 0.2) is 0 Å². The molecule has 0 aliphatic carbocycles. The molecule has 12 heteroatoms. The molecule has 3 rings (SSSR count). The molecule has 3 heterocycles. The van der Waals surface area contributed by atoms with E-state index in [1.807, 2.05) is 19.9 Å². The highest BCUT2D eigenvalue weighted by Crippen LogP contribution is 2.18. The molecule has 0 saturated heterocycles. The average Bonchev–Trinajstić information content (AvgIpc) is 3.26. The number of hydrogen-bond acceptors (Lipinski definition) is 6. The summed E-state index contributed by atoms with van der Waals surface area (Å²) in [5.41, 5.74) is 2.94. The van der Waals surface area contributed by atoms with Crippen molar-refractivity contribution in [1.82, 2.24) is 29.7 Å². The van der Waals surface area contributed by atoms with Crippen molar-refractivity contribution in [3.8, 4) is 0 Å². The Morgan fingerprint density at radius 1 is 1.24 bits per heavy atom. The third-order valence-corrected chi connectivity index (χ3v) is 5.45. The average molecular weight is 522 g/mol. The molecule has 0 saturated carbocycles. The van der Waals surface area contributed by atoms with Crippen molar-refractivity contribution in [2.24, 2.45) is 0 Å². The second-order valence-corrected chi connectivity index (χ2v) is 9.09. The number of nitrogens with one attached hydrogen (secondary N) is 3. The number of rotatable bonds is 10. The smallest absolute Gasteiger partial charge is 0.405 e. The molecule has 3 aromatic heterocycles. The first kappa shape index (κ1) is 27.8. The van der Waals surface area contributed by atoms with Crippen molar-refractivity contribution in [2.75, 3.05) is 19.4 Å². The van der Waals surface area contributed by atoms with E-state index in [1.165, 1.54) is 21.6 Å². The lowest BCUT2D eigenvalue weighted by molar-refractivity contribution is -0.123. The number of pyridine rings is 2. The molecule has 200 valence electrons. The molecule has 4 N–H and O–H groups in total. The number of carbonyl (C=O) groups is 3. The fourth-order valence-electron chi connectivity index (χ4n) is 3.65. The number of likely N-dealkylation sites (N-methyl/N-ethyl adjacent to an activating group) is 1. The van der Waals surface area contributed by atoms with Gasteiger partial charge < -0.3 is 30.2 Å². The van der Waals surface area contributed by atoms with Gasteiger partial charge in [0.1, 0.15) is 17.6 Å². The van der Waals surface area contributed by atoms with Gasteiger partial charge in [-0.05, 0) is 44.9 Å². The van der Waals surface area contributed by atoms with Crippen LogP contribution in [-0.4, -0.2) is 67.6 Å². The summed E-state index contributed by atoms with van der Waals surface area (Å²) in [6.07, 6.45) is 8.82. The van der Waals surface area contributed by atoms with Crippen LogP contribution in [0.25, 0.3) is 17.1 Å². The Labute approximate surface area is 219 Å². The lowest BCUT2D eigenvalue weighted by atomic mass is 10.1. The monoisotopic (exact) mass is 521 g/mol. The van der Waals surface area contributed by atoms with E-state index in [-0.39, 0.29) is 31.0 Å². The van der Waals surface area contributed by atoms with Crippen LogP contribution in [0.1, 0.15) is 38.1 Å². The minimum Gasteiger partial charge on any atom is -0.465 e. The van der Waals surface area contributed by atoms with E-state index >= 15 is 0 Å². The minimum absolute atomic E-state index is 0.00368. The largest absolute Gasteiger partial charge is 0.465 e. The van der Waals surface area contributed by atoms with Gasteiger partial charge in [0.2, 0.25) is 11.8 Å². The van der Waals surface area contributed by atoms with Gasteiger partial charge >= 0.3 is 6.09 Å². The predicted molar refractivity (Wildman–Crippen MR) is 144 cm³/mol. The van der Waals surface area contributed by atoms with E-state index in [0.29, 0.717) is 5.82 Å². The van der Waals surface area contributed by atoms with Gasteiger partial charge in [0.25, 0.3) is 5.56 Å². The van der Waals surface area contributed by atoms with E-state index in [0.717, 1.165) is 22.2 Å². The Morgan fingerprint density at radius 3 is 2.68 bits per heavy atom. The number of carbonyl (C=O) groups excluding carboxylic acids is 2. The van der Waals surface area contributed by atoms with Crippen LogP contribution in [0, 0.1) is 0 Å². The van der Waals surface area contributed by atoms with Crippen LogP contribution in [0.4, 0.5) is 10.5 Å². The molecule has 0 bridgehead atoms. The van der Waals surface area contributed by atoms with Gasteiger partial charge in [0.05, 0.1) is 23.8 Å². The summed E-state index contributed by atoms with van der Waals surface area (Å²) in [5, 5.41) is 13.8. The van der Waals surface area contributed by atoms with E-state index in [1.54, 1.807) is 44.8 Å². The van der Waals surface area contributed by atoms with Crippen LogP contribution < -0.4 is 16.2 Å². The third kappa shape index (κ3) is 7.38. The Morgan fingerprint density at radius 2 is 2.00 bits per heavy atom. The van der Waals surface area contributed by atoms with Crippen LogP contribution in [0.5, 0.6) is 0 Å². The fourth-order valence-corrected chi connectivity index (χ4v) is 3.65. The van der Waals surface area contributed by atoms with Crippen LogP contribution in [0.15, 0.2) is 53.2 Å². The molecule has 3 aromatic rings. The molecule has 1 atom stereocenters. The summed E-state index contributed by atoms with van der Waals surface area (Å²) in [4.78, 5) is 62.2. The second kappa shape index (κ2) is 12.5. The van der Waals surface area contributed by atoms with E-state index < -0.39 is 23.6 Å². The SMILES string of the molecule is CC(C)=Cc1cncc2[nH]c(Cn3cccc(NC(=O)[C@H](CC/C=C/C(=O)N(C)C)NC(=O)O)c3=O)nc12. The second-order valence-electron chi connectivity index (χ2n) is 9.09. The number of allylic oxidation sites excluding steroid dienone is 2. The number of imidazole rings is 1. The number of fused-ring (bicyclic) bond motifs is 1. The summed E-state index contributed by atoms with van der Waals surface area (Å²) < 4.78 is 1.39. The van der Waals surface area contributed by atoms with Gasteiger partial charge in [-0.25, -0.2) is 9.78 Å². The van der Waals surface area contributed by atoms with Crippen molar-refractivity contribution in [3.63, 3.8) is 0 Å². The summed E-state index contributed by atoms with van der Waals surface area (Å²) in [7, 11) is 3.21. The minimum atomic E-state index is -1.38. The van der Waals surface area contributed by atoms with Crippen LogP contribution in [-0.2, 0) is 16.1 Å². The summed E-state index contributed by atoms with van der Waals surface area (Å²) in [5.74, 6) is -0.377. The van der Waals surface area contributed by atoms with E-state index in [2.05, 4.69) is 25.6 Å². The molecular weight excluding hydrogens is 490 g/mol. The topological polar surface area (TPSA) is 162 Å². The predicted octanol–water partition coefficient (Wildman–Crippen LogP) is 2.59. The number of nitrogens with zero attached hydrogens (tertiary/aromatic N) is 4. The molecule has 3 amide bonds. The molecule has 0 aromatic carbocycles. The molecular formula is C26H31N7O5. The Bertz CT molecular complexity index is 1450. The molecule has 0 aliphatic rings. The molecule has 0 fully saturated rings. The molecule has 12 nitrogen and oxygen atoms in total. The zero-order chi connectivity index (χ0) is 27.8. The fraction of sp³-hybridized carbons (Fsp3) is 0.308. The number of H-pyrrole nitrogens is 1. The maximum absolute atomic E-state index is 13.1. The summed E-state index contributed by atoms with van der Waals surface area (Å²) in [6.45, 7) is 4.07. The van der Waals surface area contributed by atoms with Crippen molar-refractivity contribution in [1.29, 1.82) is 0 Å². The first-order valence-corrected chi connectivity index (χ1v) is 11.9. The van der Waals surface area contributed by atoms with Crippen molar-refractivity contribution in [3.05, 3.63) is 70.2 Å². The molecule has 0 radical (unpaired) electrons. The van der Waals surface area contributed by atoms with Crippen molar-refractivity contribution >= 4 is 40.7 Å². The van der Waals surface area contributed by atoms with Crippen molar-refractivity contribution in [2.45, 2.75) is 39.3 Å². The highest BCUT2D eigenvalue weighted by Gasteiger charge is 2.21. The lowest BCUT2D eigenvalue weighted by Crippen LogP contribution is -2.44. The number of carboxylic acid groups (broad SMARTS) is 1. The maximum atomic E-state index is 13.1. The van der Waals surface area contributed by atoms with Gasteiger partial charge in [-0.15, -0.1) is 0 Å². The highest BCUT2D eigenvalue weighted by molar-refractivity contribution is 5.96. The first-order chi connectivity index (χ1) is 18.0. The van der Waals surface area contributed by atoms with Crippen molar-refractivity contribution < 1.29 is 19.5 Å². The van der Waals surface area contributed by atoms with Crippen LogP contribution >= 0.6 is 0 Å². The van der Waals surface area contributed by atoms with Crippen LogP contribution in [0.3, 0.4) is 0 Å². The Kier molecular flexibility index (Phi) is 9.14. The molecule has 0 aliphatic heterocycles. The van der Waals surface area contributed by atoms with Crippen LogP contribution in [0.2, 0.25) is 0 Å². The Hall–Kier alpha value is -4.74. The number of amides is 3. The standard InChI is InChI=1S/C26H31N7O5/c1-16(2)12-17-13-27-14-20-23(17)31-21(28-20)15-33-11-7-9-19(25(33)36)29-24(35)18(30-26(37)38)8-5-6-10-22(34)32(3)4/h6-7,9-14,18,30H,5,8,15H2,1-4H3,(H,28,31)(H,29,35)(H,37,38)/b10-6+/t18-/m0/s1. The molecule has 38 heavy (non-hydrogen) atoms. The molecule has 0 unspecified atom stereocenters. The van der Waals surface area contributed by atoms with Gasteiger partial charge in [-0.1, -0.05) is 17.7 Å². The normalized spacial score (nSPS) is 11.8. The van der Waals surface area contributed by atoms with Gasteiger partial charge in [-0.3, -0.25) is 19.4 Å². The highest BCUT2D eigenvalue weighted by atomic mass is 16.4. The number of aromatic amines is 1. The first-order valence-electron chi connectivity index (χ1n) is 11.9. The Balaban J connectivity index is 1.76. The number of hydrogen-bond donors (Lipinski definition) is 4. The lowest BCUT2D eigenvalue weighted by Gasteiger charge is -2.16. The van der Waals surface area contributed by atoms with E-state index in [9.17, 15) is 19.2 Å². The number of anilines is 1. The number of aromatic nitrogens is 4. The van der Waals surface area contributed by atoms with Gasteiger partial charge in [0, 0.05) is 32.1 Å². The zero-order valence-electron chi connectivity index (χ0n) is 21.7. The zero-order valence-corrected chi connectivity index (χ0v) is 21.7. The molecule has 0 spiro atoms. The summed E-state index contributed by atoms with van der Waals surface area (Å²) in [6, 6.07) is 1.92. The third-order valence-electron chi connectivity index (χ3n) is 5.45. The summed E-state index contributed by atoms with van der Waals surface area (Å²) >= 11 is 0. The van der Waals surface area contributed by atoms with E-state index in [4.69, 9.17) is 5.11 Å².